The van der Waals surface area contributed by atoms with E-state index in [1.807, 2.05) is 25.6 Å². The Hall–Kier alpha value is -0.920. The number of aryl methyl sites for hydroxylation is 2. The largest absolute Gasteiger partial charge is 0.272 e. The van der Waals surface area contributed by atoms with Crippen molar-refractivity contribution in [3.63, 3.8) is 0 Å². The lowest BCUT2D eigenvalue weighted by atomic mass is 9.80. The molecule has 0 bridgehead atoms. The third kappa shape index (κ3) is 3.30. The van der Waals surface area contributed by atoms with Gasteiger partial charge in [-0.05, 0) is 39.0 Å². The summed E-state index contributed by atoms with van der Waals surface area (Å²) in [5.41, 5.74) is 6.06. The molecule has 7 heteroatoms. The number of hydrazine groups is 1. The number of hydrogen-bond acceptors (Lipinski definition) is 5. The summed E-state index contributed by atoms with van der Waals surface area (Å²) in [5, 5.41) is 4.20. The Labute approximate surface area is 127 Å². The predicted molar refractivity (Wildman–Crippen MR) is 83.3 cm³/mol. The molecule has 0 amide bonds. The molecule has 0 spiro atoms. The summed E-state index contributed by atoms with van der Waals surface area (Å²) in [4.78, 5) is 0. The number of nitrogens with zero attached hydrogens (tertiary/aromatic N) is 2. The van der Waals surface area contributed by atoms with Gasteiger partial charge in [0.15, 0.2) is 0 Å². The first-order valence-corrected chi connectivity index (χ1v) is 9.36. The average Bonchev–Trinajstić information content (AvgIpc) is 2.66. The van der Waals surface area contributed by atoms with Gasteiger partial charge in [-0.1, -0.05) is 6.42 Å². The minimum absolute atomic E-state index is 0.0387. The highest BCUT2D eigenvalue weighted by Gasteiger charge is 2.35. The van der Waals surface area contributed by atoms with Crippen LogP contribution in [0.2, 0.25) is 0 Å². The Morgan fingerprint density at radius 1 is 1.38 bits per heavy atom. The van der Waals surface area contributed by atoms with Crippen molar-refractivity contribution in [1.82, 2.24) is 15.2 Å². The Morgan fingerprint density at radius 3 is 2.52 bits per heavy atom. The highest BCUT2D eigenvalue weighted by molar-refractivity contribution is 7.91. The van der Waals surface area contributed by atoms with Crippen molar-refractivity contribution < 1.29 is 8.42 Å². The predicted octanol–water partition coefficient (Wildman–Crippen LogP) is 1.14. The number of hydrogen-bond donors (Lipinski definition) is 2. The van der Waals surface area contributed by atoms with E-state index >= 15 is 0 Å². The first-order chi connectivity index (χ1) is 9.75. The number of nitrogens with two attached hydrogens (primary N) is 1. The second kappa shape index (κ2) is 6.06. The standard InChI is InChI=1S/C14H26N4O2S/c1-9-13(10(2)18(3)17-9)14(16-15)11-6-5-7-12(8-11)21(4,19)20/h11-12,14,16H,5-8,15H2,1-4H3. The molecule has 1 aromatic rings. The molecule has 1 saturated carbocycles. The molecule has 3 N–H and O–H groups in total. The molecule has 1 aliphatic carbocycles. The van der Waals surface area contributed by atoms with Crippen molar-refractivity contribution in [3.8, 4) is 0 Å². The fraction of sp³-hybridized carbons (Fsp3) is 0.786. The van der Waals surface area contributed by atoms with Crippen molar-refractivity contribution in [2.75, 3.05) is 6.26 Å². The van der Waals surface area contributed by atoms with Gasteiger partial charge in [0.25, 0.3) is 0 Å². The minimum atomic E-state index is -2.99. The zero-order valence-corrected chi connectivity index (χ0v) is 14.1. The molecule has 2 rings (SSSR count). The van der Waals surface area contributed by atoms with E-state index in [9.17, 15) is 8.42 Å². The SMILES string of the molecule is Cc1nn(C)c(C)c1C(NN)C1CCCC(S(C)(=O)=O)C1. The van der Waals surface area contributed by atoms with Gasteiger partial charge in [-0.15, -0.1) is 0 Å². The third-order valence-electron chi connectivity index (χ3n) is 4.80. The van der Waals surface area contributed by atoms with Gasteiger partial charge in [0.2, 0.25) is 0 Å². The summed E-state index contributed by atoms with van der Waals surface area (Å²) < 4.78 is 25.6. The van der Waals surface area contributed by atoms with Crippen LogP contribution in [0.4, 0.5) is 0 Å². The first-order valence-electron chi connectivity index (χ1n) is 7.40. The molecule has 0 saturated heterocycles. The fourth-order valence-corrected chi connectivity index (χ4v) is 4.76. The van der Waals surface area contributed by atoms with Crippen molar-refractivity contribution >= 4 is 9.84 Å². The zero-order valence-electron chi connectivity index (χ0n) is 13.3. The lowest BCUT2D eigenvalue weighted by Crippen LogP contribution is -2.39. The quantitative estimate of drug-likeness (QED) is 0.642. The van der Waals surface area contributed by atoms with Crippen LogP contribution in [0.5, 0.6) is 0 Å². The highest BCUT2D eigenvalue weighted by Crippen LogP contribution is 2.38. The lowest BCUT2D eigenvalue weighted by molar-refractivity contribution is 0.273. The maximum atomic E-state index is 11.8. The van der Waals surface area contributed by atoms with Gasteiger partial charge in [0.1, 0.15) is 9.84 Å². The molecule has 6 nitrogen and oxygen atoms in total. The van der Waals surface area contributed by atoms with Crippen LogP contribution < -0.4 is 11.3 Å². The molecule has 0 aromatic carbocycles. The zero-order chi connectivity index (χ0) is 15.8. The van der Waals surface area contributed by atoms with Crippen LogP contribution in [0.25, 0.3) is 0 Å². The Morgan fingerprint density at radius 2 is 2.05 bits per heavy atom. The summed E-state index contributed by atoms with van der Waals surface area (Å²) in [6.07, 6.45) is 4.69. The van der Waals surface area contributed by atoms with Crippen LogP contribution in [-0.2, 0) is 16.9 Å². The number of rotatable bonds is 4. The van der Waals surface area contributed by atoms with Gasteiger partial charge < -0.3 is 0 Å². The second-order valence-electron chi connectivity index (χ2n) is 6.23. The second-order valence-corrected chi connectivity index (χ2v) is 8.56. The summed E-state index contributed by atoms with van der Waals surface area (Å²) in [6, 6.07) is -0.0387. The maximum Gasteiger partial charge on any atom is 0.150 e. The van der Waals surface area contributed by atoms with Crippen molar-refractivity contribution in [2.45, 2.75) is 50.8 Å². The van der Waals surface area contributed by atoms with Crippen LogP contribution in [-0.4, -0.2) is 29.7 Å². The summed E-state index contributed by atoms with van der Waals surface area (Å²) in [6.45, 7) is 4.00. The van der Waals surface area contributed by atoms with Gasteiger partial charge in [-0.25, -0.2) is 8.42 Å². The van der Waals surface area contributed by atoms with E-state index in [4.69, 9.17) is 5.84 Å². The van der Waals surface area contributed by atoms with E-state index in [0.717, 1.165) is 36.2 Å². The Balaban J connectivity index is 2.29. The summed E-state index contributed by atoms with van der Waals surface area (Å²) in [5.74, 6) is 6.03. The fourth-order valence-electron chi connectivity index (χ4n) is 3.57. The average molecular weight is 314 g/mol. The minimum Gasteiger partial charge on any atom is -0.272 e. The van der Waals surface area contributed by atoms with Crippen molar-refractivity contribution in [2.24, 2.45) is 18.8 Å². The molecule has 0 radical (unpaired) electrons. The van der Waals surface area contributed by atoms with E-state index in [1.165, 1.54) is 6.26 Å². The lowest BCUT2D eigenvalue weighted by Gasteiger charge is -2.33. The van der Waals surface area contributed by atoms with Crippen molar-refractivity contribution in [3.05, 3.63) is 17.0 Å². The van der Waals surface area contributed by atoms with Crippen LogP contribution in [0.15, 0.2) is 0 Å². The van der Waals surface area contributed by atoms with E-state index in [2.05, 4.69) is 10.5 Å². The van der Waals surface area contributed by atoms with Gasteiger partial charge in [0.05, 0.1) is 17.0 Å². The third-order valence-corrected chi connectivity index (χ3v) is 6.44. The molecule has 21 heavy (non-hydrogen) atoms. The first kappa shape index (κ1) is 16.5. The topological polar surface area (TPSA) is 90.0 Å². The highest BCUT2D eigenvalue weighted by atomic mass is 32.2. The van der Waals surface area contributed by atoms with Gasteiger partial charge in [0, 0.05) is 24.6 Å². The summed E-state index contributed by atoms with van der Waals surface area (Å²) in [7, 11) is -1.07. The molecule has 3 atom stereocenters. The molecular formula is C14H26N4O2S. The van der Waals surface area contributed by atoms with Crippen molar-refractivity contribution in [1.29, 1.82) is 0 Å². The molecule has 120 valence electrons. The van der Waals surface area contributed by atoms with Crippen LogP contribution in [0, 0.1) is 19.8 Å². The van der Waals surface area contributed by atoms with Crippen LogP contribution in [0.1, 0.15) is 48.7 Å². The monoisotopic (exact) mass is 314 g/mol. The van der Waals surface area contributed by atoms with Gasteiger partial charge in [-0.3, -0.25) is 16.0 Å². The normalized spacial score (nSPS) is 25.0. The number of aromatic nitrogens is 2. The van der Waals surface area contributed by atoms with Crippen LogP contribution >= 0.6 is 0 Å². The van der Waals surface area contributed by atoms with Gasteiger partial charge >= 0.3 is 0 Å². The number of nitrogens with one attached hydrogen (secondary N) is 1. The molecule has 1 aliphatic rings. The maximum absolute atomic E-state index is 11.8. The van der Waals surface area contributed by atoms with Gasteiger partial charge in [-0.2, -0.15) is 5.10 Å². The molecule has 1 aromatic heterocycles. The molecule has 0 aliphatic heterocycles. The smallest absolute Gasteiger partial charge is 0.150 e. The van der Waals surface area contributed by atoms with E-state index in [0.29, 0.717) is 6.42 Å². The van der Waals surface area contributed by atoms with E-state index in [-0.39, 0.29) is 17.2 Å². The molecule has 3 unspecified atom stereocenters. The molecule has 1 heterocycles. The Kier molecular flexibility index (Phi) is 4.75. The van der Waals surface area contributed by atoms with E-state index < -0.39 is 9.84 Å². The molecular weight excluding hydrogens is 288 g/mol. The Bertz CT molecular complexity index is 609. The molecule has 1 fully saturated rings. The van der Waals surface area contributed by atoms with E-state index in [1.54, 1.807) is 0 Å². The number of sulfone groups is 1. The summed E-state index contributed by atoms with van der Waals surface area (Å²) >= 11 is 0. The van der Waals surface area contributed by atoms with Crippen LogP contribution in [0.3, 0.4) is 0 Å².